The summed E-state index contributed by atoms with van der Waals surface area (Å²) in [6, 6.07) is 0. The van der Waals surface area contributed by atoms with Crippen LogP contribution >= 0.6 is 0 Å². The van der Waals surface area contributed by atoms with Crippen LogP contribution in [-0.4, -0.2) is 23.7 Å². The molecule has 1 amide bonds. The first-order valence-corrected chi connectivity index (χ1v) is 8.18. The minimum absolute atomic E-state index is 0.112. The number of aliphatic hydroxyl groups excluding tert-OH is 1. The zero-order valence-electron chi connectivity index (χ0n) is 11.8. The van der Waals surface area contributed by atoms with E-state index in [0.717, 1.165) is 44.1 Å². The van der Waals surface area contributed by atoms with Crippen molar-refractivity contribution in [3.05, 3.63) is 0 Å². The molecule has 0 aliphatic heterocycles. The molecular formula is C16H27NO2. The maximum Gasteiger partial charge on any atom is 0.223 e. The third-order valence-electron chi connectivity index (χ3n) is 5.69. The maximum absolute atomic E-state index is 12.2. The Morgan fingerprint density at radius 1 is 1.00 bits per heavy atom. The Morgan fingerprint density at radius 3 is 2.47 bits per heavy atom. The molecule has 3 unspecified atom stereocenters. The first-order valence-electron chi connectivity index (χ1n) is 8.18. The molecule has 3 aliphatic carbocycles. The molecule has 0 radical (unpaired) electrons. The average molecular weight is 265 g/mol. The van der Waals surface area contributed by atoms with E-state index < -0.39 is 0 Å². The van der Waals surface area contributed by atoms with E-state index in [-0.39, 0.29) is 17.9 Å². The second-order valence-electron chi connectivity index (χ2n) is 7.05. The Kier molecular flexibility index (Phi) is 4.11. The van der Waals surface area contributed by atoms with Crippen molar-refractivity contribution in [1.29, 1.82) is 0 Å². The van der Waals surface area contributed by atoms with Gasteiger partial charge in [-0.15, -0.1) is 0 Å². The first-order chi connectivity index (χ1) is 9.22. The molecule has 3 nitrogen and oxygen atoms in total. The van der Waals surface area contributed by atoms with Crippen LogP contribution in [-0.2, 0) is 4.79 Å². The molecule has 3 heteroatoms. The van der Waals surface area contributed by atoms with E-state index >= 15 is 0 Å². The van der Waals surface area contributed by atoms with E-state index in [2.05, 4.69) is 5.32 Å². The summed E-state index contributed by atoms with van der Waals surface area (Å²) in [5.74, 6) is 2.81. The highest BCUT2D eigenvalue weighted by molar-refractivity contribution is 5.78. The van der Waals surface area contributed by atoms with Crippen molar-refractivity contribution in [3.63, 3.8) is 0 Å². The second-order valence-corrected chi connectivity index (χ2v) is 7.05. The standard InChI is InChI=1S/C16H27NO2/c18-15-7-11(8-15)10-17-16(19)14-6-5-12-3-1-2-4-13(12)9-14/h11-15,18H,1-10H2,(H,17,19). The number of nitrogens with one attached hydrogen (secondary N) is 1. The monoisotopic (exact) mass is 265 g/mol. The van der Waals surface area contributed by atoms with Gasteiger partial charge in [-0.25, -0.2) is 0 Å². The molecule has 3 rings (SSSR count). The van der Waals surface area contributed by atoms with Crippen molar-refractivity contribution in [1.82, 2.24) is 5.32 Å². The third kappa shape index (κ3) is 3.13. The van der Waals surface area contributed by atoms with E-state index in [4.69, 9.17) is 0 Å². The lowest BCUT2D eigenvalue weighted by molar-refractivity contribution is -0.127. The molecule has 0 saturated heterocycles. The lowest BCUT2D eigenvalue weighted by atomic mass is 9.67. The smallest absolute Gasteiger partial charge is 0.223 e. The number of amides is 1. The SMILES string of the molecule is O=C(NCC1CC(O)C1)C1CCC2CCCCC2C1. The summed E-state index contributed by atoms with van der Waals surface area (Å²) in [4.78, 5) is 12.2. The number of hydrogen-bond donors (Lipinski definition) is 2. The van der Waals surface area contributed by atoms with Crippen LogP contribution in [0.3, 0.4) is 0 Å². The third-order valence-corrected chi connectivity index (χ3v) is 5.69. The molecule has 108 valence electrons. The normalized spacial score (nSPS) is 42.1. The fraction of sp³-hybridized carbons (Fsp3) is 0.938. The molecule has 3 fully saturated rings. The zero-order valence-corrected chi connectivity index (χ0v) is 11.8. The summed E-state index contributed by atoms with van der Waals surface area (Å²) in [6.07, 6.45) is 10.7. The highest BCUT2D eigenvalue weighted by atomic mass is 16.3. The average Bonchev–Trinajstić information content (AvgIpc) is 2.41. The first kappa shape index (κ1) is 13.4. The van der Waals surface area contributed by atoms with Crippen molar-refractivity contribution in [2.75, 3.05) is 6.54 Å². The van der Waals surface area contributed by atoms with Gasteiger partial charge >= 0.3 is 0 Å². The van der Waals surface area contributed by atoms with E-state index in [1.807, 2.05) is 0 Å². The number of carbonyl (C=O) groups excluding carboxylic acids is 1. The van der Waals surface area contributed by atoms with Gasteiger partial charge in [0, 0.05) is 12.5 Å². The molecular weight excluding hydrogens is 238 g/mol. The molecule has 0 aromatic rings. The maximum atomic E-state index is 12.2. The van der Waals surface area contributed by atoms with Gasteiger partial charge in [0.15, 0.2) is 0 Å². The van der Waals surface area contributed by atoms with Crippen LogP contribution < -0.4 is 5.32 Å². The van der Waals surface area contributed by atoms with E-state index in [1.54, 1.807) is 0 Å². The quantitative estimate of drug-likeness (QED) is 0.823. The van der Waals surface area contributed by atoms with Crippen LogP contribution in [0.4, 0.5) is 0 Å². The summed E-state index contributed by atoms with van der Waals surface area (Å²) in [5.41, 5.74) is 0. The van der Waals surface area contributed by atoms with Crippen molar-refractivity contribution in [2.24, 2.45) is 23.7 Å². The van der Waals surface area contributed by atoms with Crippen LogP contribution in [0.25, 0.3) is 0 Å². The van der Waals surface area contributed by atoms with Gasteiger partial charge in [0.05, 0.1) is 6.10 Å². The molecule has 0 aromatic heterocycles. The van der Waals surface area contributed by atoms with Crippen LogP contribution in [0, 0.1) is 23.7 Å². The van der Waals surface area contributed by atoms with Crippen molar-refractivity contribution in [3.8, 4) is 0 Å². The molecule has 3 atom stereocenters. The van der Waals surface area contributed by atoms with Crippen molar-refractivity contribution < 1.29 is 9.90 Å². The summed E-state index contributed by atoms with van der Waals surface area (Å²) < 4.78 is 0. The second kappa shape index (κ2) is 5.82. The van der Waals surface area contributed by atoms with Gasteiger partial charge in [0.2, 0.25) is 5.91 Å². The van der Waals surface area contributed by atoms with Gasteiger partial charge in [-0.2, -0.15) is 0 Å². The molecule has 0 bridgehead atoms. The van der Waals surface area contributed by atoms with Crippen molar-refractivity contribution >= 4 is 5.91 Å². The Balaban J connectivity index is 1.42. The van der Waals surface area contributed by atoms with Crippen LogP contribution in [0.1, 0.15) is 57.8 Å². The molecule has 3 aliphatic rings. The van der Waals surface area contributed by atoms with Crippen LogP contribution in [0.5, 0.6) is 0 Å². The number of aliphatic hydroxyl groups is 1. The predicted octanol–water partition coefficient (Wildman–Crippen LogP) is 2.48. The number of fused-ring (bicyclic) bond motifs is 1. The highest BCUT2D eigenvalue weighted by Gasteiger charge is 2.35. The predicted molar refractivity (Wildman–Crippen MR) is 74.5 cm³/mol. The minimum atomic E-state index is -0.112. The Morgan fingerprint density at radius 2 is 1.74 bits per heavy atom. The Bertz CT molecular complexity index is 325. The molecule has 3 saturated carbocycles. The van der Waals surface area contributed by atoms with Crippen LogP contribution in [0.2, 0.25) is 0 Å². The summed E-state index contributed by atoms with van der Waals surface area (Å²) >= 11 is 0. The topological polar surface area (TPSA) is 49.3 Å². The van der Waals surface area contributed by atoms with Gasteiger partial charge in [-0.1, -0.05) is 25.7 Å². The van der Waals surface area contributed by atoms with Crippen LogP contribution in [0.15, 0.2) is 0 Å². The summed E-state index contributed by atoms with van der Waals surface area (Å²) in [6.45, 7) is 0.778. The fourth-order valence-corrected chi connectivity index (χ4v) is 4.37. The lowest BCUT2D eigenvalue weighted by Gasteiger charge is -2.39. The van der Waals surface area contributed by atoms with E-state index in [9.17, 15) is 9.90 Å². The molecule has 2 N–H and O–H groups in total. The molecule has 0 spiro atoms. The van der Waals surface area contributed by atoms with Gasteiger partial charge in [0.25, 0.3) is 0 Å². The number of hydrogen-bond acceptors (Lipinski definition) is 2. The minimum Gasteiger partial charge on any atom is -0.393 e. The zero-order chi connectivity index (χ0) is 13.2. The lowest BCUT2D eigenvalue weighted by Crippen LogP contribution is -2.42. The summed E-state index contributed by atoms with van der Waals surface area (Å²) in [7, 11) is 0. The highest BCUT2D eigenvalue weighted by Crippen LogP contribution is 2.42. The van der Waals surface area contributed by atoms with Gasteiger partial charge < -0.3 is 10.4 Å². The molecule has 0 aromatic carbocycles. The number of rotatable bonds is 3. The fourth-order valence-electron chi connectivity index (χ4n) is 4.37. The molecule has 19 heavy (non-hydrogen) atoms. The summed E-state index contributed by atoms with van der Waals surface area (Å²) in [5, 5.41) is 12.4. The Hall–Kier alpha value is -0.570. The molecule has 0 heterocycles. The van der Waals surface area contributed by atoms with E-state index in [0.29, 0.717) is 5.92 Å². The van der Waals surface area contributed by atoms with Gasteiger partial charge in [0.1, 0.15) is 0 Å². The van der Waals surface area contributed by atoms with E-state index in [1.165, 1.54) is 32.1 Å². The van der Waals surface area contributed by atoms with Gasteiger partial charge in [-0.05, 0) is 49.9 Å². The van der Waals surface area contributed by atoms with Gasteiger partial charge in [-0.3, -0.25) is 4.79 Å². The Labute approximate surface area is 116 Å². The number of carbonyl (C=O) groups is 1. The largest absolute Gasteiger partial charge is 0.393 e. The van der Waals surface area contributed by atoms with Crippen molar-refractivity contribution in [2.45, 2.75) is 63.9 Å².